The van der Waals surface area contributed by atoms with Crippen LogP contribution in [-0.4, -0.2) is 53.1 Å². The van der Waals surface area contributed by atoms with E-state index >= 15 is 0 Å². The van der Waals surface area contributed by atoms with Crippen molar-refractivity contribution in [1.29, 1.82) is 0 Å². The number of Topliss-reactive ketones (excluding diaryl/α,β-unsaturated/α-hetero) is 1. The van der Waals surface area contributed by atoms with E-state index in [1.807, 2.05) is 13.0 Å². The lowest BCUT2D eigenvalue weighted by Gasteiger charge is -2.32. The maximum atomic E-state index is 12.8. The van der Waals surface area contributed by atoms with Crippen LogP contribution in [0.5, 0.6) is 0 Å². The molecule has 3 heterocycles. The van der Waals surface area contributed by atoms with Crippen LogP contribution in [-0.2, 0) is 14.3 Å². The maximum absolute atomic E-state index is 12.8. The number of nitrogens with zero attached hydrogens (tertiary/aromatic N) is 1. The van der Waals surface area contributed by atoms with Gasteiger partial charge in [0.25, 0.3) is 0 Å². The van der Waals surface area contributed by atoms with Crippen LogP contribution in [0.2, 0.25) is 0 Å². The molecule has 0 bridgehead atoms. The first kappa shape index (κ1) is 17.6. The Bertz CT molecular complexity index is 554. The summed E-state index contributed by atoms with van der Waals surface area (Å²) in [7, 11) is 0. The summed E-state index contributed by atoms with van der Waals surface area (Å²) >= 11 is 0. The van der Waals surface area contributed by atoms with E-state index in [2.05, 4.69) is 4.90 Å². The Kier molecular flexibility index (Phi) is 4.85. The summed E-state index contributed by atoms with van der Waals surface area (Å²) in [5.74, 6) is -0.125. The Morgan fingerprint density at radius 3 is 2.54 bits per heavy atom. The van der Waals surface area contributed by atoms with E-state index in [-0.39, 0.29) is 17.6 Å². The van der Waals surface area contributed by atoms with Gasteiger partial charge in [0.15, 0.2) is 11.4 Å². The van der Waals surface area contributed by atoms with E-state index in [1.54, 1.807) is 6.92 Å². The van der Waals surface area contributed by atoms with Crippen molar-refractivity contribution in [3.05, 3.63) is 11.6 Å². The molecule has 3 aliphatic heterocycles. The van der Waals surface area contributed by atoms with Crippen LogP contribution >= 0.6 is 0 Å². The molecule has 0 aromatic heterocycles. The van der Waals surface area contributed by atoms with Crippen molar-refractivity contribution >= 4 is 11.8 Å². The van der Waals surface area contributed by atoms with E-state index in [9.17, 15) is 14.7 Å². The van der Waals surface area contributed by atoms with Crippen molar-refractivity contribution in [1.82, 2.24) is 4.90 Å². The average molecular weight is 335 g/mol. The molecule has 24 heavy (non-hydrogen) atoms. The van der Waals surface area contributed by atoms with Gasteiger partial charge in [-0.05, 0) is 63.6 Å². The van der Waals surface area contributed by atoms with Gasteiger partial charge in [-0.2, -0.15) is 0 Å². The molecule has 5 heteroatoms. The minimum atomic E-state index is -1.57. The largest absolute Gasteiger partial charge is 0.463 e. The molecule has 3 fully saturated rings. The number of carbonyl (C=O) groups is 2. The second-order valence-electron chi connectivity index (χ2n) is 7.92. The van der Waals surface area contributed by atoms with E-state index < -0.39 is 11.6 Å². The predicted octanol–water partition coefficient (Wildman–Crippen LogP) is 1.94. The van der Waals surface area contributed by atoms with Crippen molar-refractivity contribution in [3.8, 4) is 0 Å². The first-order valence-electron chi connectivity index (χ1n) is 9.16. The topological polar surface area (TPSA) is 66.8 Å². The van der Waals surface area contributed by atoms with Crippen molar-refractivity contribution in [2.75, 3.05) is 19.7 Å². The summed E-state index contributed by atoms with van der Waals surface area (Å²) in [6, 6.07) is 0.335. The molecule has 0 saturated carbocycles. The lowest BCUT2D eigenvalue weighted by Crippen LogP contribution is -2.45. The van der Waals surface area contributed by atoms with Crippen LogP contribution < -0.4 is 0 Å². The monoisotopic (exact) mass is 335 g/mol. The van der Waals surface area contributed by atoms with Gasteiger partial charge in [-0.1, -0.05) is 13.0 Å². The number of carbonyl (C=O) groups excluding carboxylic acids is 2. The highest BCUT2D eigenvalue weighted by atomic mass is 16.5. The number of esters is 1. The summed E-state index contributed by atoms with van der Waals surface area (Å²) in [6.45, 7) is 7.57. The Morgan fingerprint density at radius 2 is 1.88 bits per heavy atom. The number of allylic oxidation sites excluding steroid dienone is 2. The first-order chi connectivity index (χ1) is 11.3. The zero-order chi connectivity index (χ0) is 17.5. The van der Waals surface area contributed by atoms with Crippen LogP contribution in [0.4, 0.5) is 0 Å². The zero-order valence-corrected chi connectivity index (χ0v) is 15.0. The standard InChI is InChI=1S/C19H29NO4/c1-4-13-9-12(2)19(3,23)18(22)24-11-15-6-8-20-7-5-14(17(15)20)10-16(13)21/h4,12,14-15,17,23H,5-11H2,1-3H3/b13-4+/t12-,14+,15?,17+,19-/m1/s1. The predicted molar refractivity (Wildman–Crippen MR) is 90.3 cm³/mol. The molecule has 0 aliphatic carbocycles. The van der Waals surface area contributed by atoms with Gasteiger partial charge in [-0.25, -0.2) is 4.79 Å². The van der Waals surface area contributed by atoms with Crippen LogP contribution in [0.1, 0.15) is 46.5 Å². The van der Waals surface area contributed by atoms with Crippen molar-refractivity contribution in [3.63, 3.8) is 0 Å². The second kappa shape index (κ2) is 6.60. The highest BCUT2D eigenvalue weighted by Crippen LogP contribution is 2.40. The minimum Gasteiger partial charge on any atom is -0.463 e. The van der Waals surface area contributed by atoms with Crippen LogP contribution in [0.3, 0.4) is 0 Å². The van der Waals surface area contributed by atoms with Crippen molar-refractivity contribution in [2.45, 2.75) is 58.1 Å². The number of ether oxygens (including phenoxy) is 1. The number of rotatable bonds is 0. The summed E-state index contributed by atoms with van der Waals surface area (Å²) in [4.78, 5) is 27.6. The molecule has 3 rings (SSSR count). The lowest BCUT2D eigenvalue weighted by atomic mass is 9.80. The lowest BCUT2D eigenvalue weighted by molar-refractivity contribution is -0.170. The van der Waals surface area contributed by atoms with Crippen LogP contribution in [0.25, 0.3) is 0 Å². The van der Waals surface area contributed by atoms with E-state index in [4.69, 9.17) is 4.74 Å². The molecule has 0 radical (unpaired) electrons. The van der Waals surface area contributed by atoms with Gasteiger partial charge in [-0.3, -0.25) is 9.69 Å². The van der Waals surface area contributed by atoms with E-state index in [1.165, 1.54) is 6.92 Å². The molecular formula is C19H29NO4. The normalized spacial score (nSPS) is 43.2. The fourth-order valence-electron chi connectivity index (χ4n) is 4.62. The van der Waals surface area contributed by atoms with Gasteiger partial charge in [0.05, 0.1) is 6.61 Å². The summed E-state index contributed by atoms with van der Waals surface area (Å²) in [5, 5.41) is 10.6. The third-order valence-corrected chi connectivity index (χ3v) is 6.44. The summed E-state index contributed by atoms with van der Waals surface area (Å²) in [6.07, 6.45) is 4.86. The molecular weight excluding hydrogens is 306 g/mol. The van der Waals surface area contributed by atoms with Crippen molar-refractivity contribution in [2.24, 2.45) is 17.8 Å². The van der Waals surface area contributed by atoms with Gasteiger partial charge in [0.1, 0.15) is 0 Å². The molecule has 3 aliphatic rings. The van der Waals surface area contributed by atoms with Crippen molar-refractivity contribution < 1.29 is 19.4 Å². The molecule has 0 amide bonds. The van der Waals surface area contributed by atoms with Gasteiger partial charge in [0, 0.05) is 18.4 Å². The van der Waals surface area contributed by atoms with E-state index in [0.29, 0.717) is 31.4 Å². The number of hydrogen-bond donors (Lipinski definition) is 1. The summed E-state index contributed by atoms with van der Waals surface area (Å²) < 4.78 is 5.51. The first-order valence-corrected chi connectivity index (χ1v) is 9.16. The Hall–Kier alpha value is -1.20. The fraction of sp³-hybridized carbons (Fsp3) is 0.789. The fourth-order valence-corrected chi connectivity index (χ4v) is 4.62. The number of hydrogen-bond acceptors (Lipinski definition) is 5. The minimum absolute atomic E-state index is 0.173. The average Bonchev–Trinajstić information content (AvgIpc) is 3.12. The molecule has 0 aromatic rings. The third-order valence-electron chi connectivity index (χ3n) is 6.44. The summed E-state index contributed by atoms with van der Waals surface area (Å²) in [5.41, 5.74) is -0.842. The molecule has 5 nitrogen and oxygen atoms in total. The van der Waals surface area contributed by atoms with Crippen LogP contribution in [0, 0.1) is 17.8 Å². The third kappa shape index (κ3) is 3.04. The highest BCUT2D eigenvalue weighted by Gasteiger charge is 2.46. The molecule has 0 aromatic carbocycles. The second-order valence-corrected chi connectivity index (χ2v) is 7.92. The zero-order valence-electron chi connectivity index (χ0n) is 15.0. The molecule has 1 N–H and O–H groups in total. The Labute approximate surface area is 144 Å². The molecule has 5 atom stereocenters. The molecule has 3 saturated heterocycles. The number of ketones is 1. The van der Waals surface area contributed by atoms with Crippen LogP contribution in [0.15, 0.2) is 11.6 Å². The van der Waals surface area contributed by atoms with E-state index in [0.717, 1.165) is 31.5 Å². The molecule has 134 valence electrons. The quantitative estimate of drug-likeness (QED) is 0.541. The Morgan fingerprint density at radius 1 is 1.21 bits per heavy atom. The van der Waals surface area contributed by atoms with Gasteiger partial charge in [-0.15, -0.1) is 0 Å². The smallest absolute Gasteiger partial charge is 0.338 e. The molecule has 0 spiro atoms. The van der Waals surface area contributed by atoms with Gasteiger partial charge < -0.3 is 9.84 Å². The number of cyclic esters (lactones) is 1. The SMILES string of the molecule is C/C=C1\C[C@@H](C)[C@@](C)(O)C(=O)OCC2CCN3CC[C@@H](CC1=O)[C@@H]23. The highest BCUT2D eigenvalue weighted by molar-refractivity contribution is 5.95. The maximum Gasteiger partial charge on any atom is 0.338 e. The Balaban J connectivity index is 1.89. The van der Waals surface area contributed by atoms with Gasteiger partial charge >= 0.3 is 5.97 Å². The van der Waals surface area contributed by atoms with Gasteiger partial charge in [0.2, 0.25) is 0 Å². The number of aliphatic hydroxyl groups is 1. The molecule has 1 unspecified atom stereocenters.